The number of aliphatic hydroxyl groups excluding tert-OH is 1. The normalized spacial score (nSPS) is 17.2. The number of aliphatic hydroxyl groups is 1. The highest BCUT2D eigenvalue weighted by molar-refractivity contribution is 5.90. The lowest BCUT2D eigenvalue weighted by atomic mass is 10.2. The van der Waals surface area contributed by atoms with Gasteiger partial charge in [-0.15, -0.1) is 0 Å². The average Bonchev–Trinajstić information content (AvgIpc) is 3.25. The van der Waals surface area contributed by atoms with E-state index in [1.165, 1.54) is 14.9 Å². The molecule has 0 aromatic heterocycles. The number of hydrazine groups is 1. The molecule has 0 aliphatic carbocycles. The summed E-state index contributed by atoms with van der Waals surface area (Å²) in [7, 11) is 0. The molecule has 2 fully saturated rings. The van der Waals surface area contributed by atoms with Gasteiger partial charge in [0, 0.05) is 24.5 Å². The fourth-order valence-corrected chi connectivity index (χ4v) is 4.68. The van der Waals surface area contributed by atoms with E-state index in [1.807, 2.05) is 77.7 Å². The molecule has 0 bridgehead atoms. The van der Waals surface area contributed by atoms with E-state index in [0.717, 1.165) is 16.8 Å². The van der Waals surface area contributed by atoms with Crippen LogP contribution in [0.15, 0.2) is 84.9 Å². The molecule has 41 heavy (non-hydrogen) atoms. The van der Waals surface area contributed by atoms with Gasteiger partial charge in [0.1, 0.15) is 19.3 Å². The summed E-state index contributed by atoms with van der Waals surface area (Å²) in [6.45, 7) is 1.43. The Bertz CT molecular complexity index is 1260. The Kier molecular flexibility index (Phi) is 8.85. The van der Waals surface area contributed by atoms with Crippen molar-refractivity contribution in [2.24, 2.45) is 0 Å². The van der Waals surface area contributed by atoms with E-state index >= 15 is 0 Å². The highest BCUT2D eigenvalue weighted by atomic mass is 16.6. The molecule has 2 aliphatic rings. The lowest BCUT2D eigenvalue weighted by molar-refractivity contribution is -0.0184. The predicted octanol–water partition coefficient (Wildman–Crippen LogP) is 4.02. The number of benzene rings is 3. The number of amides is 3. The van der Waals surface area contributed by atoms with Crippen LogP contribution in [0.25, 0.3) is 0 Å². The molecule has 0 spiro atoms. The number of nitrogens with zero attached hydrogens (tertiary/aromatic N) is 4. The minimum atomic E-state index is -0.645. The van der Waals surface area contributed by atoms with E-state index in [9.17, 15) is 19.5 Å². The monoisotopic (exact) mass is 560 g/mol. The molecule has 2 saturated heterocycles. The van der Waals surface area contributed by atoms with Crippen molar-refractivity contribution in [1.29, 1.82) is 0 Å². The minimum absolute atomic E-state index is 0.0737. The fourth-order valence-electron chi connectivity index (χ4n) is 4.68. The van der Waals surface area contributed by atoms with Gasteiger partial charge in [0.05, 0.1) is 26.2 Å². The van der Waals surface area contributed by atoms with Gasteiger partial charge in [0.15, 0.2) is 0 Å². The maximum atomic E-state index is 13.2. The summed E-state index contributed by atoms with van der Waals surface area (Å²) in [5.74, 6) is 0. The van der Waals surface area contributed by atoms with Gasteiger partial charge in [0.2, 0.25) is 0 Å². The van der Waals surface area contributed by atoms with Crippen molar-refractivity contribution in [2.75, 3.05) is 49.1 Å². The molecule has 11 heteroatoms. The Morgan fingerprint density at radius 1 is 0.732 bits per heavy atom. The number of rotatable bonds is 7. The zero-order chi connectivity index (χ0) is 28.6. The van der Waals surface area contributed by atoms with Crippen molar-refractivity contribution in [3.05, 3.63) is 96.1 Å². The molecule has 3 aromatic rings. The van der Waals surface area contributed by atoms with E-state index in [1.54, 1.807) is 12.1 Å². The molecule has 0 saturated carbocycles. The minimum Gasteiger partial charge on any atom is -0.443 e. The van der Waals surface area contributed by atoms with Gasteiger partial charge in [-0.05, 0) is 35.4 Å². The van der Waals surface area contributed by atoms with Crippen LogP contribution in [0.3, 0.4) is 0 Å². The van der Waals surface area contributed by atoms with Crippen LogP contribution < -0.4 is 9.80 Å². The molecular formula is C30H32N4O7. The Labute approximate surface area is 238 Å². The Hall–Kier alpha value is -4.77. The molecule has 5 rings (SSSR count). The Morgan fingerprint density at radius 3 is 1.68 bits per heavy atom. The van der Waals surface area contributed by atoms with Crippen molar-refractivity contribution in [1.82, 2.24) is 10.0 Å². The summed E-state index contributed by atoms with van der Waals surface area (Å²) in [6.07, 6.45) is -2.34. The van der Waals surface area contributed by atoms with Gasteiger partial charge in [0.25, 0.3) is 0 Å². The first kappa shape index (κ1) is 27.8. The number of carbonyl (C=O) groups excluding carboxylic acids is 3. The molecule has 1 atom stereocenters. The molecule has 2 aliphatic heterocycles. The number of cyclic esters (lactones) is 1. The first-order valence-corrected chi connectivity index (χ1v) is 13.4. The van der Waals surface area contributed by atoms with E-state index < -0.39 is 24.4 Å². The first-order valence-electron chi connectivity index (χ1n) is 13.4. The number of ether oxygens (including phenoxy) is 3. The lowest BCUT2D eigenvalue weighted by Crippen LogP contribution is -2.50. The molecule has 214 valence electrons. The summed E-state index contributed by atoms with van der Waals surface area (Å²) in [5.41, 5.74) is 3.18. The molecule has 0 unspecified atom stereocenters. The van der Waals surface area contributed by atoms with Crippen LogP contribution in [0, 0.1) is 0 Å². The largest absolute Gasteiger partial charge is 0.443 e. The maximum absolute atomic E-state index is 13.2. The quantitative estimate of drug-likeness (QED) is 0.432. The van der Waals surface area contributed by atoms with Crippen molar-refractivity contribution in [2.45, 2.75) is 19.3 Å². The Balaban J connectivity index is 1.28. The topological polar surface area (TPSA) is 112 Å². The third-order valence-corrected chi connectivity index (χ3v) is 6.89. The van der Waals surface area contributed by atoms with Crippen molar-refractivity contribution >= 4 is 29.7 Å². The summed E-state index contributed by atoms with van der Waals surface area (Å²) >= 11 is 0. The highest BCUT2D eigenvalue weighted by Gasteiger charge is 2.33. The summed E-state index contributed by atoms with van der Waals surface area (Å²) in [4.78, 5) is 42.1. The third kappa shape index (κ3) is 6.87. The van der Waals surface area contributed by atoms with E-state index in [4.69, 9.17) is 14.2 Å². The first-order chi connectivity index (χ1) is 20.0. The molecule has 3 amide bonds. The van der Waals surface area contributed by atoms with Gasteiger partial charge in [-0.25, -0.2) is 24.4 Å². The lowest BCUT2D eigenvalue weighted by Gasteiger charge is -2.30. The van der Waals surface area contributed by atoms with Crippen LogP contribution >= 0.6 is 0 Å². The van der Waals surface area contributed by atoms with Crippen LogP contribution in [0.5, 0.6) is 0 Å². The summed E-state index contributed by atoms with van der Waals surface area (Å²) in [6, 6.07) is 26.0. The second kappa shape index (κ2) is 13.1. The third-order valence-electron chi connectivity index (χ3n) is 6.89. The predicted molar refractivity (Wildman–Crippen MR) is 150 cm³/mol. The second-order valence-electron chi connectivity index (χ2n) is 9.63. The highest BCUT2D eigenvalue weighted by Crippen LogP contribution is 2.26. The van der Waals surface area contributed by atoms with Crippen LogP contribution in [0.4, 0.5) is 25.8 Å². The molecule has 2 heterocycles. The number of hydrogen-bond donors (Lipinski definition) is 1. The molecule has 11 nitrogen and oxygen atoms in total. The van der Waals surface area contributed by atoms with Crippen molar-refractivity contribution in [3.63, 3.8) is 0 Å². The van der Waals surface area contributed by atoms with Gasteiger partial charge >= 0.3 is 18.3 Å². The Morgan fingerprint density at radius 2 is 1.22 bits per heavy atom. The smallest absolute Gasteiger partial charge is 0.429 e. The van der Waals surface area contributed by atoms with Gasteiger partial charge in [-0.3, -0.25) is 4.90 Å². The summed E-state index contributed by atoms with van der Waals surface area (Å²) < 4.78 is 16.3. The molecule has 3 aromatic carbocycles. The van der Waals surface area contributed by atoms with E-state index in [2.05, 4.69) is 0 Å². The maximum Gasteiger partial charge on any atom is 0.429 e. The van der Waals surface area contributed by atoms with Crippen LogP contribution in [0.1, 0.15) is 11.1 Å². The molecular weight excluding hydrogens is 528 g/mol. The van der Waals surface area contributed by atoms with Crippen LogP contribution in [0.2, 0.25) is 0 Å². The second-order valence-corrected chi connectivity index (χ2v) is 9.63. The average molecular weight is 561 g/mol. The van der Waals surface area contributed by atoms with Crippen LogP contribution in [-0.4, -0.2) is 78.8 Å². The molecule has 1 N–H and O–H groups in total. The summed E-state index contributed by atoms with van der Waals surface area (Å²) in [5, 5.41) is 11.9. The zero-order valence-corrected chi connectivity index (χ0v) is 22.5. The SMILES string of the molecule is O=C1O[C@@H](CO)CN1c1ccc(N2CCN(C(=O)OCc3ccccc3)N(C(=O)OCc3ccccc3)CC2)cc1. The van der Waals surface area contributed by atoms with Gasteiger partial charge in [-0.1, -0.05) is 60.7 Å². The van der Waals surface area contributed by atoms with Crippen molar-refractivity contribution < 1.29 is 33.7 Å². The molecule has 0 radical (unpaired) electrons. The fraction of sp³-hybridized carbons (Fsp3) is 0.300. The van der Waals surface area contributed by atoms with E-state index in [-0.39, 0.29) is 39.5 Å². The number of carbonyl (C=O) groups is 3. The van der Waals surface area contributed by atoms with Gasteiger partial charge in [-0.2, -0.15) is 0 Å². The van der Waals surface area contributed by atoms with E-state index in [0.29, 0.717) is 18.8 Å². The van der Waals surface area contributed by atoms with Crippen LogP contribution in [-0.2, 0) is 27.4 Å². The number of hydrogen-bond acceptors (Lipinski definition) is 8. The van der Waals surface area contributed by atoms with Crippen molar-refractivity contribution in [3.8, 4) is 0 Å². The number of anilines is 2. The standard InChI is InChI=1S/C30H32N4O7/c35-20-27-19-32(28(36)41-27)26-13-11-25(12-14-26)31-15-17-33(29(37)39-21-23-7-3-1-4-8-23)34(18-16-31)30(38)40-22-24-9-5-2-6-10-24/h1-14,27,35H,15-22H2/t27-/m1/s1. The van der Waals surface area contributed by atoms with Gasteiger partial charge < -0.3 is 24.2 Å². The zero-order valence-electron chi connectivity index (χ0n) is 22.5.